The summed E-state index contributed by atoms with van der Waals surface area (Å²) in [7, 11) is -1.67. The van der Waals surface area contributed by atoms with Crippen LogP contribution in [0.5, 0.6) is 0 Å². The van der Waals surface area contributed by atoms with Gasteiger partial charge >= 0.3 is 8.03 Å². The van der Waals surface area contributed by atoms with Crippen molar-refractivity contribution in [1.82, 2.24) is 0 Å². The fourth-order valence-corrected chi connectivity index (χ4v) is 2.52. The predicted molar refractivity (Wildman–Crippen MR) is 68.5 cm³/mol. The standard InChI is InChI=1S/C13H20O2P/c1-3-4-5-8-11-15-16(14)13-10-7-6-9-12(13)2/h6-7,9-10H,3-5,8,11H2,1-2H3/q+1. The third-order valence-corrected chi connectivity index (χ3v) is 3.83. The van der Waals surface area contributed by atoms with Crippen molar-refractivity contribution < 1.29 is 9.09 Å². The average molecular weight is 239 g/mol. The van der Waals surface area contributed by atoms with Crippen LogP contribution in [0.3, 0.4) is 0 Å². The van der Waals surface area contributed by atoms with E-state index in [-0.39, 0.29) is 0 Å². The van der Waals surface area contributed by atoms with Crippen LogP contribution < -0.4 is 5.30 Å². The molecule has 1 aromatic carbocycles. The highest BCUT2D eigenvalue weighted by atomic mass is 31.1. The third-order valence-electron chi connectivity index (χ3n) is 2.52. The molecule has 0 amide bonds. The Morgan fingerprint density at radius 1 is 1.19 bits per heavy atom. The van der Waals surface area contributed by atoms with E-state index in [1.54, 1.807) is 0 Å². The van der Waals surface area contributed by atoms with Crippen molar-refractivity contribution in [1.29, 1.82) is 0 Å². The zero-order valence-corrected chi connectivity index (χ0v) is 11.0. The molecule has 0 saturated carbocycles. The summed E-state index contributed by atoms with van der Waals surface area (Å²) in [5, 5.41) is 0.827. The van der Waals surface area contributed by atoms with Crippen molar-refractivity contribution in [3.8, 4) is 0 Å². The van der Waals surface area contributed by atoms with Crippen LogP contribution in [0.2, 0.25) is 0 Å². The summed E-state index contributed by atoms with van der Waals surface area (Å²) in [4.78, 5) is 0. The van der Waals surface area contributed by atoms with Crippen molar-refractivity contribution >= 4 is 13.3 Å². The number of hydrogen-bond acceptors (Lipinski definition) is 2. The highest BCUT2D eigenvalue weighted by Crippen LogP contribution is 2.23. The lowest BCUT2D eigenvalue weighted by Crippen LogP contribution is -2.03. The molecule has 1 unspecified atom stereocenters. The molecule has 0 bridgehead atoms. The molecule has 0 aliphatic heterocycles. The normalized spacial score (nSPS) is 11.5. The molecule has 0 aromatic heterocycles. The molecule has 0 N–H and O–H groups in total. The number of rotatable bonds is 7. The smallest absolute Gasteiger partial charge is 0.142 e. The molecular formula is C13H20O2P+. The molecule has 0 spiro atoms. The van der Waals surface area contributed by atoms with Gasteiger partial charge in [-0.3, -0.25) is 0 Å². The molecule has 0 fully saturated rings. The molecule has 0 aliphatic carbocycles. The predicted octanol–water partition coefficient (Wildman–Crippen LogP) is 3.96. The summed E-state index contributed by atoms with van der Waals surface area (Å²) in [5.74, 6) is 0. The van der Waals surface area contributed by atoms with Crippen molar-refractivity contribution in [3.05, 3.63) is 29.8 Å². The lowest BCUT2D eigenvalue weighted by Gasteiger charge is -1.95. The zero-order valence-electron chi connectivity index (χ0n) is 10.1. The Bertz CT molecular complexity index is 336. The molecule has 1 rings (SSSR count). The second kappa shape index (κ2) is 7.54. The Kier molecular flexibility index (Phi) is 6.29. The minimum atomic E-state index is -1.67. The Balaban J connectivity index is 2.33. The topological polar surface area (TPSA) is 26.3 Å². The van der Waals surface area contributed by atoms with Crippen molar-refractivity contribution in [2.75, 3.05) is 6.61 Å². The first kappa shape index (κ1) is 13.3. The van der Waals surface area contributed by atoms with Crippen LogP contribution in [0.4, 0.5) is 0 Å². The van der Waals surface area contributed by atoms with Crippen LogP contribution >= 0.6 is 8.03 Å². The maximum Gasteiger partial charge on any atom is 0.548 e. The average Bonchev–Trinajstić information content (AvgIpc) is 2.29. The summed E-state index contributed by atoms with van der Waals surface area (Å²) < 4.78 is 17.2. The highest BCUT2D eigenvalue weighted by molar-refractivity contribution is 7.48. The van der Waals surface area contributed by atoms with E-state index in [0.717, 1.165) is 23.7 Å². The Hall–Kier alpha value is -0.720. The van der Waals surface area contributed by atoms with Gasteiger partial charge in [0.2, 0.25) is 5.30 Å². The Labute approximate surface area is 98.9 Å². The van der Waals surface area contributed by atoms with Gasteiger partial charge in [-0.2, -0.15) is 0 Å². The van der Waals surface area contributed by atoms with Crippen LogP contribution in [0.25, 0.3) is 0 Å². The maximum atomic E-state index is 11.8. The van der Waals surface area contributed by atoms with Crippen LogP contribution in [-0.4, -0.2) is 6.61 Å². The summed E-state index contributed by atoms with van der Waals surface area (Å²) >= 11 is 0. The van der Waals surface area contributed by atoms with E-state index in [4.69, 9.17) is 4.52 Å². The number of hydrogen-bond donors (Lipinski definition) is 0. The monoisotopic (exact) mass is 239 g/mol. The van der Waals surface area contributed by atoms with Gasteiger partial charge in [0.15, 0.2) is 0 Å². The minimum absolute atomic E-state index is 0.601. The molecule has 0 saturated heterocycles. The molecule has 1 aromatic rings. The molecule has 0 radical (unpaired) electrons. The van der Waals surface area contributed by atoms with Gasteiger partial charge in [0.05, 0.1) is 0 Å². The summed E-state index contributed by atoms with van der Waals surface area (Å²) in [6, 6.07) is 7.68. The van der Waals surface area contributed by atoms with Gasteiger partial charge in [0.25, 0.3) is 0 Å². The highest BCUT2D eigenvalue weighted by Gasteiger charge is 2.23. The first-order valence-corrected chi connectivity index (χ1v) is 7.09. The lowest BCUT2D eigenvalue weighted by atomic mass is 10.2. The molecule has 2 nitrogen and oxygen atoms in total. The fraction of sp³-hybridized carbons (Fsp3) is 0.538. The third kappa shape index (κ3) is 4.42. The molecule has 1 atom stereocenters. The Morgan fingerprint density at radius 2 is 1.94 bits per heavy atom. The molecule has 3 heteroatoms. The van der Waals surface area contributed by atoms with Gasteiger partial charge in [-0.25, -0.2) is 0 Å². The van der Waals surface area contributed by atoms with E-state index < -0.39 is 8.03 Å². The van der Waals surface area contributed by atoms with Crippen molar-refractivity contribution in [2.24, 2.45) is 0 Å². The van der Waals surface area contributed by atoms with Crippen LogP contribution in [0.15, 0.2) is 24.3 Å². The van der Waals surface area contributed by atoms with Gasteiger partial charge in [-0.15, -0.1) is 4.52 Å². The van der Waals surface area contributed by atoms with E-state index in [9.17, 15) is 4.57 Å². The summed E-state index contributed by atoms with van der Waals surface area (Å²) in [6.45, 7) is 4.74. The second-order valence-electron chi connectivity index (χ2n) is 3.94. The largest absolute Gasteiger partial charge is 0.548 e. The fourth-order valence-electron chi connectivity index (χ4n) is 1.51. The molecular weight excluding hydrogens is 219 g/mol. The van der Waals surface area contributed by atoms with Gasteiger partial charge in [-0.1, -0.05) is 44.4 Å². The number of benzene rings is 1. The molecule has 88 valence electrons. The first-order chi connectivity index (χ1) is 7.75. The summed E-state index contributed by atoms with van der Waals surface area (Å²) in [6.07, 6.45) is 4.60. The quantitative estimate of drug-likeness (QED) is 0.531. The maximum absolute atomic E-state index is 11.8. The Morgan fingerprint density at radius 3 is 2.62 bits per heavy atom. The van der Waals surface area contributed by atoms with Crippen LogP contribution in [-0.2, 0) is 9.09 Å². The first-order valence-electron chi connectivity index (χ1n) is 5.91. The minimum Gasteiger partial charge on any atom is -0.142 e. The van der Waals surface area contributed by atoms with Crippen molar-refractivity contribution in [3.63, 3.8) is 0 Å². The molecule has 0 heterocycles. The van der Waals surface area contributed by atoms with Crippen LogP contribution in [0, 0.1) is 6.92 Å². The van der Waals surface area contributed by atoms with E-state index in [1.165, 1.54) is 12.8 Å². The van der Waals surface area contributed by atoms with E-state index in [2.05, 4.69) is 6.92 Å². The number of aryl methyl sites for hydroxylation is 1. The summed E-state index contributed by atoms with van der Waals surface area (Å²) in [5.41, 5.74) is 1.04. The van der Waals surface area contributed by atoms with Crippen molar-refractivity contribution in [2.45, 2.75) is 39.5 Å². The van der Waals surface area contributed by atoms with E-state index >= 15 is 0 Å². The van der Waals surface area contributed by atoms with Gasteiger partial charge in [-0.05, 0) is 24.0 Å². The number of unbranched alkanes of at least 4 members (excludes halogenated alkanes) is 3. The molecule has 0 aliphatic rings. The molecule has 16 heavy (non-hydrogen) atoms. The van der Waals surface area contributed by atoms with Gasteiger partial charge < -0.3 is 0 Å². The second-order valence-corrected chi connectivity index (χ2v) is 5.19. The SMILES string of the molecule is CCCCCCO[P+](=O)c1ccccc1C. The van der Waals surface area contributed by atoms with Gasteiger partial charge in [0.1, 0.15) is 6.61 Å². The van der Waals surface area contributed by atoms with Crippen LogP contribution in [0.1, 0.15) is 38.2 Å². The van der Waals surface area contributed by atoms with E-state index in [1.807, 2.05) is 31.2 Å². The van der Waals surface area contributed by atoms with E-state index in [0.29, 0.717) is 6.61 Å². The van der Waals surface area contributed by atoms with Gasteiger partial charge in [0, 0.05) is 5.56 Å². The lowest BCUT2D eigenvalue weighted by molar-refractivity contribution is 0.322. The zero-order chi connectivity index (χ0) is 11.8.